The minimum Gasteiger partial charge on any atom is -0.370 e. The number of hydrogen-bond donors (Lipinski definition) is 1. The average Bonchev–Trinajstić information content (AvgIpc) is 3.09. The van der Waals surface area contributed by atoms with E-state index in [0.29, 0.717) is 30.7 Å². The van der Waals surface area contributed by atoms with E-state index in [2.05, 4.69) is 20.3 Å². The van der Waals surface area contributed by atoms with Gasteiger partial charge in [-0.25, -0.2) is 15.0 Å². The van der Waals surface area contributed by atoms with Gasteiger partial charge in [-0.05, 0) is 18.2 Å². The van der Waals surface area contributed by atoms with Crippen LogP contribution in [0.2, 0.25) is 5.02 Å². The smallest absolute Gasteiger partial charge is 0.223 e. The number of benzene rings is 1. The van der Waals surface area contributed by atoms with Crippen molar-refractivity contribution in [1.29, 1.82) is 0 Å². The van der Waals surface area contributed by atoms with Gasteiger partial charge >= 0.3 is 0 Å². The highest BCUT2D eigenvalue weighted by Gasteiger charge is 2.14. The molecule has 0 radical (unpaired) electrons. The number of aromatic nitrogens is 3. The Hall–Kier alpha value is -1.76. The quantitative estimate of drug-likeness (QED) is 0.802. The Labute approximate surface area is 130 Å². The van der Waals surface area contributed by atoms with Gasteiger partial charge in [0, 0.05) is 16.8 Å². The topological polar surface area (TPSA) is 59.9 Å². The summed E-state index contributed by atoms with van der Waals surface area (Å²) in [7, 11) is 0. The molecule has 1 N–H and O–H groups in total. The second-order valence-electron chi connectivity index (χ2n) is 4.73. The largest absolute Gasteiger partial charge is 0.370 e. The van der Waals surface area contributed by atoms with Gasteiger partial charge in [0.05, 0.1) is 35.7 Å². The van der Waals surface area contributed by atoms with Gasteiger partial charge < -0.3 is 10.1 Å². The lowest BCUT2D eigenvalue weighted by Gasteiger charge is -2.03. The van der Waals surface area contributed by atoms with Crippen molar-refractivity contribution in [2.75, 3.05) is 5.32 Å². The number of hydrogen-bond acceptors (Lipinski definition) is 6. The third kappa shape index (κ3) is 2.57. The lowest BCUT2D eigenvalue weighted by molar-refractivity contribution is 0.133. The lowest BCUT2D eigenvalue weighted by Crippen LogP contribution is -2.05. The van der Waals surface area contributed by atoms with Gasteiger partial charge in [-0.1, -0.05) is 11.6 Å². The Balaban J connectivity index is 1.52. The molecule has 0 amide bonds. The van der Waals surface area contributed by atoms with E-state index in [9.17, 15) is 0 Å². The van der Waals surface area contributed by atoms with Gasteiger partial charge in [-0.2, -0.15) is 0 Å². The first-order valence-electron chi connectivity index (χ1n) is 6.49. The van der Waals surface area contributed by atoms with Crippen molar-refractivity contribution < 1.29 is 4.74 Å². The highest BCUT2D eigenvalue weighted by molar-refractivity contribution is 7.18. The molecule has 1 aliphatic rings. The number of rotatable bonds is 3. The van der Waals surface area contributed by atoms with Gasteiger partial charge in [0.2, 0.25) is 5.95 Å². The summed E-state index contributed by atoms with van der Waals surface area (Å²) in [5, 5.41) is 4.89. The molecule has 0 aliphatic carbocycles. The van der Waals surface area contributed by atoms with Crippen molar-refractivity contribution in [2.45, 2.75) is 19.8 Å². The zero-order valence-corrected chi connectivity index (χ0v) is 12.5. The Morgan fingerprint density at radius 3 is 3.19 bits per heavy atom. The van der Waals surface area contributed by atoms with Crippen molar-refractivity contribution in [1.82, 2.24) is 15.0 Å². The Morgan fingerprint density at radius 1 is 1.29 bits per heavy atom. The molecule has 5 nitrogen and oxygen atoms in total. The van der Waals surface area contributed by atoms with Crippen LogP contribution >= 0.6 is 22.9 Å². The minimum atomic E-state index is 0.562. The van der Waals surface area contributed by atoms with Crippen molar-refractivity contribution in [3.63, 3.8) is 0 Å². The second kappa shape index (κ2) is 5.22. The first-order chi connectivity index (χ1) is 10.3. The first kappa shape index (κ1) is 12.9. The van der Waals surface area contributed by atoms with Crippen LogP contribution < -0.4 is 5.32 Å². The van der Waals surface area contributed by atoms with Crippen molar-refractivity contribution in [3.8, 4) is 0 Å². The standard InChI is InChI=1S/C14H11ClN4OS/c15-9-1-2-12-10(3-9)18-13(21-12)5-17-14-16-4-8-6-20-7-11(8)19-14/h1-4H,5-7H2,(H,16,17,19). The molecular formula is C14H11ClN4OS. The molecule has 0 saturated carbocycles. The van der Waals surface area contributed by atoms with E-state index in [4.69, 9.17) is 16.3 Å². The maximum absolute atomic E-state index is 5.97. The number of nitrogens with zero attached hydrogens (tertiary/aromatic N) is 3. The van der Waals surface area contributed by atoms with Crippen LogP contribution in [0.4, 0.5) is 5.95 Å². The lowest BCUT2D eigenvalue weighted by atomic mass is 10.3. The zero-order chi connectivity index (χ0) is 14.2. The first-order valence-corrected chi connectivity index (χ1v) is 7.69. The predicted molar refractivity (Wildman–Crippen MR) is 82.5 cm³/mol. The van der Waals surface area contributed by atoms with Crippen molar-refractivity contribution in [3.05, 3.63) is 45.7 Å². The number of ether oxygens (including phenoxy) is 1. The SMILES string of the molecule is Clc1ccc2sc(CNc3ncc4c(n3)COC4)nc2c1. The summed E-state index contributed by atoms with van der Waals surface area (Å²) in [6.45, 7) is 1.76. The summed E-state index contributed by atoms with van der Waals surface area (Å²) in [5.74, 6) is 0.608. The molecule has 21 heavy (non-hydrogen) atoms. The Kier molecular flexibility index (Phi) is 3.21. The maximum atomic E-state index is 5.97. The van der Waals surface area contributed by atoms with Gasteiger partial charge in [0.25, 0.3) is 0 Å². The van der Waals surface area contributed by atoms with Gasteiger partial charge in [-0.15, -0.1) is 11.3 Å². The molecule has 3 aromatic rings. The molecule has 1 aromatic carbocycles. The number of fused-ring (bicyclic) bond motifs is 2. The van der Waals surface area contributed by atoms with Crippen LogP contribution in [-0.4, -0.2) is 15.0 Å². The summed E-state index contributed by atoms with van der Waals surface area (Å²) in [6, 6.07) is 5.74. The zero-order valence-electron chi connectivity index (χ0n) is 11.0. The number of thiazole rings is 1. The second-order valence-corrected chi connectivity index (χ2v) is 6.28. The van der Waals surface area contributed by atoms with E-state index in [0.717, 1.165) is 26.5 Å². The molecular weight excluding hydrogens is 308 g/mol. The van der Waals surface area contributed by atoms with E-state index in [1.165, 1.54) is 0 Å². The van der Waals surface area contributed by atoms with E-state index >= 15 is 0 Å². The average molecular weight is 319 g/mol. The van der Waals surface area contributed by atoms with Crippen LogP contribution in [0.15, 0.2) is 24.4 Å². The van der Waals surface area contributed by atoms with Crippen molar-refractivity contribution in [2.24, 2.45) is 0 Å². The summed E-state index contributed by atoms with van der Waals surface area (Å²) in [4.78, 5) is 13.3. The number of halogens is 1. The third-order valence-electron chi connectivity index (χ3n) is 3.24. The fraction of sp³-hybridized carbons (Fsp3) is 0.214. The molecule has 7 heteroatoms. The molecule has 3 heterocycles. The fourth-order valence-electron chi connectivity index (χ4n) is 2.21. The molecule has 4 rings (SSSR count). The Bertz CT molecular complexity index is 820. The summed E-state index contributed by atoms with van der Waals surface area (Å²) >= 11 is 7.61. The van der Waals surface area contributed by atoms with Crippen LogP contribution in [0.25, 0.3) is 10.2 Å². The molecule has 0 fully saturated rings. The molecule has 106 valence electrons. The maximum Gasteiger partial charge on any atom is 0.223 e. The molecule has 2 aromatic heterocycles. The number of anilines is 1. The molecule has 0 unspecified atom stereocenters. The molecule has 1 aliphatic heterocycles. The van der Waals surface area contributed by atoms with Crippen molar-refractivity contribution >= 4 is 39.1 Å². The Morgan fingerprint density at radius 2 is 2.24 bits per heavy atom. The fourth-order valence-corrected chi connectivity index (χ4v) is 3.26. The van der Waals surface area contributed by atoms with E-state index in [-0.39, 0.29) is 0 Å². The van der Waals surface area contributed by atoms with E-state index < -0.39 is 0 Å². The van der Waals surface area contributed by atoms with Gasteiger partial charge in [-0.3, -0.25) is 0 Å². The molecule has 0 saturated heterocycles. The molecule has 0 atom stereocenters. The summed E-state index contributed by atoms with van der Waals surface area (Å²) < 4.78 is 6.46. The monoisotopic (exact) mass is 318 g/mol. The molecule has 0 spiro atoms. The normalized spacial score (nSPS) is 13.6. The molecule has 0 bridgehead atoms. The van der Waals surface area contributed by atoms with Gasteiger partial charge in [0.15, 0.2) is 0 Å². The highest BCUT2D eigenvalue weighted by Crippen LogP contribution is 2.25. The summed E-state index contributed by atoms with van der Waals surface area (Å²) in [6.07, 6.45) is 1.82. The van der Waals surface area contributed by atoms with E-state index in [1.807, 2.05) is 24.4 Å². The van der Waals surface area contributed by atoms with Crippen LogP contribution in [0.1, 0.15) is 16.3 Å². The van der Waals surface area contributed by atoms with E-state index in [1.54, 1.807) is 11.3 Å². The minimum absolute atomic E-state index is 0.562. The summed E-state index contributed by atoms with van der Waals surface area (Å²) in [5.41, 5.74) is 2.95. The number of nitrogens with one attached hydrogen (secondary N) is 1. The van der Waals surface area contributed by atoms with Gasteiger partial charge in [0.1, 0.15) is 5.01 Å². The third-order valence-corrected chi connectivity index (χ3v) is 4.51. The van der Waals surface area contributed by atoms with Crippen LogP contribution in [0.3, 0.4) is 0 Å². The van der Waals surface area contributed by atoms with Crippen LogP contribution in [-0.2, 0) is 24.5 Å². The highest BCUT2D eigenvalue weighted by atomic mass is 35.5. The van der Waals surface area contributed by atoms with Crippen LogP contribution in [0.5, 0.6) is 0 Å². The van der Waals surface area contributed by atoms with Crippen LogP contribution in [0, 0.1) is 0 Å². The predicted octanol–water partition coefficient (Wildman–Crippen LogP) is 3.38.